The lowest BCUT2D eigenvalue weighted by Gasteiger charge is -2.19. The van der Waals surface area contributed by atoms with E-state index in [-0.39, 0.29) is 17.7 Å². The Morgan fingerprint density at radius 2 is 1.78 bits per heavy atom. The van der Waals surface area contributed by atoms with E-state index >= 15 is 0 Å². The second-order valence-electron chi connectivity index (χ2n) is 5.18. The van der Waals surface area contributed by atoms with Crippen LogP contribution in [0.5, 0.6) is 0 Å². The minimum Gasteiger partial charge on any atom is -0.286 e. The first-order valence-corrected chi connectivity index (χ1v) is 7.47. The third-order valence-corrected chi connectivity index (χ3v) is 2.80. The molecular formula is C10H19N3O3S2. The van der Waals surface area contributed by atoms with Crippen molar-refractivity contribution in [2.24, 2.45) is 15.2 Å². The molecule has 0 aliphatic carbocycles. The molecule has 18 heavy (non-hydrogen) atoms. The van der Waals surface area contributed by atoms with Crippen molar-refractivity contribution in [1.29, 1.82) is 0 Å². The van der Waals surface area contributed by atoms with Crippen LogP contribution in [0.25, 0.3) is 0 Å². The Bertz CT molecular complexity index is 447. The number of aliphatic imine (C=N–C) groups is 1. The molecule has 0 fully saturated rings. The maximum absolute atomic E-state index is 10.6. The fraction of sp³-hybridized carbons (Fsp3) is 0.900. The van der Waals surface area contributed by atoms with E-state index in [4.69, 9.17) is 4.55 Å². The summed E-state index contributed by atoms with van der Waals surface area (Å²) in [6, 6.07) is 0. The van der Waals surface area contributed by atoms with Gasteiger partial charge in [-0.15, -0.1) is 0 Å². The molecule has 0 radical (unpaired) electrons. The SMILES string of the molecule is CC(C)(C)N=NC(C)(CCCS(=O)(=O)O)N=C=S. The largest absolute Gasteiger partial charge is 0.286 e. The number of azo groups is 1. The Labute approximate surface area is 113 Å². The van der Waals surface area contributed by atoms with Gasteiger partial charge in [0.05, 0.1) is 16.5 Å². The van der Waals surface area contributed by atoms with Crippen LogP contribution in [0.4, 0.5) is 0 Å². The summed E-state index contributed by atoms with van der Waals surface area (Å²) in [5.74, 6) is -0.333. The van der Waals surface area contributed by atoms with Crippen LogP contribution < -0.4 is 0 Å². The molecule has 1 unspecified atom stereocenters. The van der Waals surface area contributed by atoms with Gasteiger partial charge in [0.1, 0.15) is 0 Å². The molecule has 0 aromatic rings. The number of hydrogen-bond acceptors (Lipinski definition) is 6. The fourth-order valence-corrected chi connectivity index (χ4v) is 1.78. The molecule has 8 heteroatoms. The van der Waals surface area contributed by atoms with Crippen molar-refractivity contribution < 1.29 is 13.0 Å². The van der Waals surface area contributed by atoms with E-state index in [0.717, 1.165) is 0 Å². The molecule has 104 valence electrons. The van der Waals surface area contributed by atoms with Crippen molar-refractivity contribution in [3.05, 3.63) is 0 Å². The molecule has 0 aromatic heterocycles. The highest BCUT2D eigenvalue weighted by Gasteiger charge is 2.24. The lowest BCUT2D eigenvalue weighted by atomic mass is 10.1. The topological polar surface area (TPSA) is 91.5 Å². The molecule has 1 N–H and O–H groups in total. The lowest BCUT2D eigenvalue weighted by molar-refractivity contribution is 0.395. The van der Waals surface area contributed by atoms with Crippen molar-refractivity contribution in [3.63, 3.8) is 0 Å². The number of rotatable bonds is 6. The normalized spacial score (nSPS) is 16.3. The minimum atomic E-state index is -3.97. The molecule has 1 atom stereocenters. The van der Waals surface area contributed by atoms with Crippen LogP contribution in [0.1, 0.15) is 40.5 Å². The average molecular weight is 293 g/mol. The summed E-state index contributed by atoms with van der Waals surface area (Å²) in [6.45, 7) is 7.34. The fourth-order valence-electron chi connectivity index (χ4n) is 1.07. The van der Waals surface area contributed by atoms with Crippen LogP contribution >= 0.6 is 12.2 Å². The second kappa shape index (κ2) is 6.47. The molecule has 0 bridgehead atoms. The van der Waals surface area contributed by atoms with Gasteiger partial charge < -0.3 is 0 Å². The molecular weight excluding hydrogens is 274 g/mol. The van der Waals surface area contributed by atoms with Crippen LogP contribution in [-0.4, -0.2) is 35.1 Å². The average Bonchev–Trinajstić information content (AvgIpc) is 2.12. The molecule has 6 nitrogen and oxygen atoms in total. The molecule has 0 spiro atoms. The summed E-state index contributed by atoms with van der Waals surface area (Å²) < 4.78 is 29.9. The van der Waals surface area contributed by atoms with Gasteiger partial charge in [0.15, 0.2) is 5.66 Å². The van der Waals surface area contributed by atoms with Crippen molar-refractivity contribution in [1.82, 2.24) is 0 Å². The monoisotopic (exact) mass is 293 g/mol. The highest BCUT2D eigenvalue weighted by molar-refractivity contribution is 7.85. The standard InChI is InChI=1S/C10H19N3O3S2/c1-9(2,3)12-13-10(4,11-8-17)6-5-7-18(14,15)16/h5-7H2,1-4H3,(H,14,15,16). The number of hydrogen-bond donors (Lipinski definition) is 1. The molecule has 0 rings (SSSR count). The van der Waals surface area contributed by atoms with Crippen LogP contribution in [0.3, 0.4) is 0 Å². The van der Waals surface area contributed by atoms with Crippen LogP contribution in [0.15, 0.2) is 15.2 Å². The van der Waals surface area contributed by atoms with Crippen molar-refractivity contribution in [3.8, 4) is 0 Å². The van der Waals surface area contributed by atoms with E-state index < -0.39 is 15.8 Å². The van der Waals surface area contributed by atoms with E-state index in [1.807, 2.05) is 20.8 Å². The van der Waals surface area contributed by atoms with E-state index in [1.54, 1.807) is 6.92 Å². The van der Waals surface area contributed by atoms with E-state index in [9.17, 15) is 8.42 Å². The molecule has 0 amide bonds. The number of nitrogens with zero attached hydrogens (tertiary/aromatic N) is 3. The first-order valence-electron chi connectivity index (χ1n) is 5.46. The number of isothiocyanates is 1. The van der Waals surface area contributed by atoms with Gasteiger partial charge in [0, 0.05) is 0 Å². The van der Waals surface area contributed by atoms with Gasteiger partial charge in [0.2, 0.25) is 0 Å². The molecule has 0 aromatic carbocycles. The predicted octanol–water partition coefficient (Wildman–Crippen LogP) is 2.72. The van der Waals surface area contributed by atoms with Gasteiger partial charge in [0.25, 0.3) is 10.1 Å². The Kier molecular flexibility index (Phi) is 6.22. The Morgan fingerprint density at radius 1 is 1.22 bits per heavy atom. The maximum atomic E-state index is 10.6. The zero-order valence-corrected chi connectivity index (χ0v) is 12.7. The Hall–Kier alpha value is -0.690. The van der Waals surface area contributed by atoms with Gasteiger partial charge >= 0.3 is 0 Å². The quantitative estimate of drug-likeness (QED) is 0.353. The Morgan fingerprint density at radius 3 is 2.17 bits per heavy atom. The van der Waals surface area contributed by atoms with Gasteiger partial charge in [-0.3, -0.25) is 4.55 Å². The van der Waals surface area contributed by atoms with Crippen molar-refractivity contribution >= 4 is 27.5 Å². The summed E-state index contributed by atoms with van der Waals surface area (Å²) in [6.07, 6.45) is 0.537. The molecule has 0 saturated heterocycles. The van der Waals surface area contributed by atoms with E-state index in [1.165, 1.54) is 0 Å². The number of thiocarbonyl (C=S) groups is 1. The zero-order valence-electron chi connectivity index (χ0n) is 11.0. The van der Waals surface area contributed by atoms with Crippen LogP contribution in [-0.2, 0) is 10.1 Å². The summed E-state index contributed by atoms with van der Waals surface area (Å²) in [5, 5.41) is 10.4. The molecule has 0 saturated carbocycles. The Balaban J connectivity index is 4.74. The summed E-state index contributed by atoms with van der Waals surface area (Å²) in [5.41, 5.74) is -1.28. The van der Waals surface area contributed by atoms with Gasteiger partial charge in [-0.2, -0.15) is 18.6 Å². The lowest BCUT2D eigenvalue weighted by Crippen LogP contribution is -2.21. The maximum Gasteiger partial charge on any atom is 0.264 e. The zero-order chi connectivity index (χ0) is 14.4. The van der Waals surface area contributed by atoms with Crippen LogP contribution in [0, 0.1) is 0 Å². The third kappa shape index (κ3) is 9.35. The molecule has 0 aliphatic heterocycles. The van der Waals surface area contributed by atoms with E-state index in [2.05, 4.69) is 32.6 Å². The summed E-state index contributed by atoms with van der Waals surface area (Å²) in [7, 11) is -3.97. The van der Waals surface area contributed by atoms with Crippen molar-refractivity contribution in [2.45, 2.75) is 51.7 Å². The van der Waals surface area contributed by atoms with Gasteiger partial charge in [-0.25, -0.2) is 4.99 Å². The summed E-state index contributed by atoms with van der Waals surface area (Å²) >= 11 is 4.55. The molecule has 0 heterocycles. The third-order valence-electron chi connectivity index (χ3n) is 1.90. The smallest absolute Gasteiger partial charge is 0.264 e. The van der Waals surface area contributed by atoms with Crippen molar-refractivity contribution in [2.75, 3.05) is 5.75 Å². The van der Waals surface area contributed by atoms with Gasteiger partial charge in [-0.05, 0) is 52.8 Å². The first kappa shape index (κ1) is 17.3. The minimum absolute atomic E-state index is 0.221. The second-order valence-corrected chi connectivity index (χ2v) is 6.94. The predicted molar refractivity (Wildman–Crippen MR) is 73.7 cm³/mol. The van der Waals surface area contributed by atoms with Gasteiger partial charge in [-0.1, -0.05) is 0 Å². The highest BCUT2D eigenvalue weighted by Crippen LogP contribution is 2.22. The summed E-state index contributed by atoms with van der Waals surface area (Å²) in [4.78, 5) is 3.91. The first-order chi connectivity index (χ1) is 7.97. The van der Waals surface area contributed by atoms with Crippen LogP contribution in [0.2, 0.25) is 0 Å². The van der Waals surface area contributed by atoms with E-state index in [0.29, 0.717) is 6.42 Å². The molecule has 0 aliphatic rings. The highest BCUT2D eigenvalue weighted by atomic mass is 32.2.